The summed E-state index contributed by atoms with van der Waals surface area (Å²) in [7, 11) is 1.70. The Morgan fingerprint density at radius 2 is 1.89 bits per heavy atom. The van der Waals surface area contributed by atoms with Gasteiger partial charge in [-0.1, -0.05) is 6.07 Å². The summed E-state index contributed by atoms with van der Waals surface area (Å²) in [6.45, 7) is 6.26. The first-order valence-electron chi connectivity index (χ1n) is 6.00. The fourth-order valence-corrected chi connectivity index (χ4v) is 3.16. The normalized spacial score (nSPS) is 12.5. The average molecular weight is 261 g/mol. The second kappa shape index (κ2) is 5.12. The van der Waals surface area contributed by atoms with Crippen molar-refractivity contribution in [1.29, 1.82) is 0 Å². The molecule has 1 aromatic carbocycles. The van der Waals surface area contributed by atoms with Crippen LogP contribution in [0.25, 0.3) is 0 Å². The van der Waals surface area contributed by atoms with Gasteiger partial charge in [0.25, 0.3) is 0 Å². The van der Waals surface area contributed by atoms with Crippen molar-refractivity contribution >= 4 is 11.3 Å². The molecule has 2 rings (SSSR count). The Kier molecular flexibility index (Phi) is 3.73. The molecule has 0 amide bonds. The second-order valence-electron chi connectivity index (χ2n) is 4.62. The summed E-state index contributed by atoms with van der Waals surface area (Å²) in [4.78, 5) is 2.46. The largest absolute Gasteiger partial charge is 0.496 e. The summed E-state index contributed by atoms with van der Waals surface area (Å²) in [6, 6.07) is 8.29. The van der Waals surface area contributed by atoms with Gasteiger partial charge in [0.1, 0.15) is 5.75 Å². The van der Waals surface area contributed by atoms with Crippen molar-refractivity contribution in [2.45, 2.75) is 26.8 Å². The van der Waals surface area contributed by atoms with Crippen LogP contribution in [0.4, 0.5) is 0 Å². The average Bonchev–Trinajstić information content (AvgIpc) is 2.74. The van der Waals surface area contributed by atoms with Gasteiger partial charge in [-0.2, -0.15) is 0 Å². The Hall–Kier alpha value is -1.32. The zero-order valence-corrected chi connectivity index (χ0v) is 12.1. The van der Waals surface area contributed by atoms with Crippen molar-refractivity contribution in [2.75, 3.05) is 7.11 Å². The molecule has 0 radical (unpaired) electrons. The van der Waals surface area contributed by atoms with Gasteiger partial charge in [-0.25, -0.2) is 0 Å². The van der Waals surface area contributed by atoms with Crippen LogP contribution in [0.3, 0.4) is 0 Å². The van der Waals surface area contributed by atoms with E-state index >= 15 is 0 Å². The van der Waals surface area contributed by atoms with E-state index in [9.17, 15) is 0 Å². The molecule has 0 aliphatic carbocycles. The van der Waals surface area contributed by atoms with Gasteiger partial charge in [0.15, 0.2) is 0 Å². The lowest BCUT2D eigenvalue weighted by Gasteiger charge is -2.18. The summed E-state index contributed by atoms with van der Waals surface area (Å²) < 4.78 is 5.48. The predicted molar refractivity (Wildman–Crippen MR) is 77.6 cm³/mol. The zero-order chi connectivity index (χ0) is 13.3. The number of nitrogens with two attached hydrogens (primary N) is 1. The molecular formula is C15H19NOS. The summed E-state index contributed by atoms with van der Waals surface area (Å²) in [5.74, 6) is 0.881. The van der Waals surface area contributed by atoms with E-state index in [0.29, 0.717) is 0 Å². The molecule has 1 unspecified atom stereocenters. The molecule has 0 spiro atoms. The van der Waals surface area contributed by atoms with Crippen molar-refractivity contribution in [3.8, 4) is 5.75 Å². The third kappa shape index (κ3) is 2.42. The first-order valence-corrected chi connectivity index (χ1v) is 6.81. The minimum Gasteiger partial charge on any atom is -0.496 e. The molecule has 2 aromatic rings. The molecule has 1 atom stereocenters. The molecular weight excluding hydrogens is 242 g/mol. The van der Waals surface area contributed by atoms with Gasteiger partial charge in [-0.15, -0.1) is 11.3 Å². The monoisotopic (exact) mass is 261 g/mol. The van der Waals surface area contributed by atoms with Crippen molar-refractivity contribution in [3.05, 3.63) is 50.7 Å². The zero-order valence-electron chi connectivity index (χ0n) is 11.3. The number of aryl methyl sites for hydroxylation is 3. The summed E-state index contributed by atoms with van der Waals surface area (Å²) in [6.07, 6.45) is 0. The van der Waals surface area contributed by atoms with Gasteiger partial charge in [-0.3, -0.25) is 0 Å². The highest BCUT2D eigenvalue weighted by atomic mass is 32.1. The lowest BCUT2D eigenvalue weighted by molar-refractivity contribution is 0.407. The highest BCUT2D eigenvalue weighted by molar-refractivity contribution is 7.12. The number of ether oxygens (including phenoxy) is 1. The van der Waals surface area contributed by atoms with Crippen LogP contribution in [0.15, 0.2) is 24.3 Å². The highest BCUT2D eigenvalue weighted by Crippen LogP contribution is 2.34. The van der Waals surface area contributed by atoms with Crippen LogP contribution in [-0.4, -0.2) is 7.11 Å². The van der Waals surface area contributed by atoms with Gasteiger partial charge >= 0.3 is 0 Å². The Balaban J connectivity index is 2.50. The lowest BCUT2D eigenvalue weighted by atomic mass is 9.97. The maximum atomic E-state index is 6.39. The van der Waals surface area contributed by atoms with Gasteiger partial charge in [-0.05, 0) is 50.1 Å². The Labute approximate surface area is 112 Å². The molecule has 0 saturated carbocycles. The van der Waals surface area contributed by atoms with Gasteiger partial charge in [0.2, 0.25) is 0 Å². The van der Waals surface area contributed by atoms with Crippen LogP contribution < -0.4 is 10.5 Å². The van der Waals surface area contributed by atoms with E-state index in [1.54, 1.807) is 18.4 Å². The second-order valence-corrected chi connectivity index (χ2v) is 5.94. The van der Waals surface area contributed by atoms with Crippen molar-refractivity contribution in [3.63, 3.8) is 0 Å². The maximum absolute atomic E-state index is 6.39. The fourth-order valence-electron chi connectivity index (χ4n) is 2.27. The van der Waals surface area contributed by atoms with Crippen molar-refractivity contribution in [1.82, 2.24) is 0 Å². The predicted octanol–water partition coefficient (Wildman–Crippen LogP) is 3.73. The van der Waals surface area contributed by atoms with Crippen molar-refractivity contribution in [2.24, 2.45) is 5.73 Å². The number of rotatable bonds is 3. The molecule has 0 fully saturated rings. The fraction of sp³-hybridized carbons (Fsp3) is 0.333. The van der Waals surface area contributed by atoms with E-state index in [1.165, 1.54) is 20.9 Å². The van der Waals surface area contributed by atoms with E-state index in [0.717, 1.165) is 11.3 Å². The number of hydrogen-bond donors (Lipinski definition) is 1. The molecule has 0 aliphatic rings. The number of thiophene rings is 1. The molecule has 1 aromatic heterocycles. The Morgan fingerprint density at radius 3 is 2.44 bits per heavy atom. The molecule has 0 aliphatic heterocycles. The number of benzene rings is 1. The highest BCUT2D eigenvalue weighted by Gasteiger charge is 2.18. The third-order valence-electron chi connectivity index (χ3n) is 3.09. The van der Waals surface area contributed by atoms with E-state index in [2.05, 4.69) is 39.0 Å². The molecule has 0 saturated heterocycles. The smallest absolute Gasteiger partial charge is 0.124 e. The molecule has 18 heavy (non-hydrogen) atoms. The van der Waals surface area contributed by atoms with Crippen molar-refractivity contribution < 1.29 is 4.74 Å². The summed E-state index contributed by atoms with van der Waals surface area (Å²) in [5, 5.41) is 0. The van der Waals surface area contributed by atoms with Crippen LogP contribution in [0.5, 0.6) is 5.75 Å². The van der Waals surface area contributed by atoms with E-state index in [1.807, 2.05) is 6.07 Å². The topological polar surface area (TPSA) is 35.2 Å². The molecule has 96 valence electrons. The quantitative estimate of drug-likeness (QED) is 0.913. The SMILES string of the molecule is COc1cc(C)cc(C)c1C(N)c1ccc(C)s1. The van der Waals surface area contributed by atoms with Crippen LogP contribution >= 0.6 is 11.3 Å². The van der Waals surface area contributed by atoms with E-state index < -0.39 is 0 Å². The van der Waals surface area contributed by atoms with Crippen LogP contribution in [0, 0.1) is 20.8 Å². The summed E-state index contributed by atoms with van der Waals surface area (Å²) >= 11 is 1.74. The standard InChI is InChI=1S/C15H19NOS/c1-9-7-10(2)14(12(8-9)17-4)15(16)13-6-5-11(3)18-13/h5-8,15H,16H2,1-4H3. The number of methoxy groups -OCH3 is 1. The molecule has 1 heterocycles. The number of hydrogen-bond acceptors (Lipinski definition) is 3. The molecule has 2 N–H and O–H groups in total. The van der Waals surface area contributed by atoms with Crippen LogP contribution in [0.2, 0.25) is 0 Å². The summed E-state index contributed by atoms with van der Waals surface area (Å²) in [5.41, 5.74) is 9.86. The Bertz CT molecular complexity index is 560. The molecule has 3 heteroatoms. The van der Waals surface area contributed by atoms with Crippen LogP contribution in [0.1, 0.15) is 32.5 Å². The van der Waals surface area contributed by atoms with E-state index in [-0.39, 0.29) is 6.04 Å². The van der Waals surface area contributed by atoms with Gasteiger partial charge in [0.05, 0.1) is 13.2 Å². The third-order valence-corrected chi connectivity index (χ3v) is 4.18. The maximum Gasteiger partial charge on any atom is 0.124 e. The minimum absolute atomic E-state index is 0.112. The van der Waals surface area contributed by atoms with Gasteiger partial charge in [0, 0.05) is 15.3 Å². The van der Waals surface area contributed by atoms with E-state index in [4.69, 9.17) is 10.5 Å². The first-order chi connectivity index (χ1) is 8.52. The molecule has 0 bridgehead atoms. The minimum atomic E-state index is -0.112. The molecule has 2 nitrogen and oxygen atoms in total. The first kappa shape index (κ1) is 13.1. The Morgan fingerprint density at radius 1 is 1.17 bits per heavy atom. The lowest BCUT2D eigenvalue weighted by Crippen LogP contribution is -2.13. The van der Waals surface area contributed by atoms with Crippen LogP contribution in [-0.2, 0) is 0 Å². The van der Waals surface area contributed by atoms with Gasteiger partial charge < -0.3 is 10.5 Å².